The van der Waals surface area contributed by atoms with E-state index in [1.165, 1.54) is 12.7 Å². The molecule has 0 amide bonds. The number of aryl methyl sites for hydroxylation is 1. The van der Waals surface area contributed by atoms with Gasteiger partial charge in [0.1, 0.15) is 5.75 Å². The highest BCUT2D eigenvalue weighted by atomic mass is 16.5. The maximum atomic E-state index is 11.7. The molecule has 3 rings (SSSR count). The number of ether oxygens (including phenoxy) is 1. The Labute approximate surface area is 141 Å². The fourth-order valence-corrected chi connectivity index (χ4v) is 3.17. The number of carbonyl (C=O) groups is 1. The number of hydrogen-bond donors (Lipinski definition) is 1. The van der Waals surface area contributed by atoms with E-state index in [0.717, 1.165) is 38.2 Å². The molecule has 1 aromatic carbocycles. The molecule has 0 fully saturated rings. The molecule has 6 heteroatoms. The predicted molar refractivity (Wildman–Crippen MR) is 89.9 cm³/mol. The molecule has 1 atom stereocenters. The van der Waals surface area contributed by atoms with Gasteiger partial charge in [0.05, 0.1) is 12.8 Å². The summed E-state index contributed by atoms with van der Waals surface area (Å²) >= 11 is 0. The highest BCUT2D eigenvalue weighted by Gasteiger charge is 2.22. The summed E-state index contributed by atoms with van der Waals surface area (Å²) in [5, 5.41) is 13.8. The zero-order valence-electron chi connectivity index (χ0n) is 14.1. The van der Waals surface area contributed by atoms with Crippen molar-refractivity contribution in [3.05, 3.63) is 47.3 Å². The first-order valence-corrected chi connectivity index (χ1v) is 8.24. The van der Waals surface area contributed by atoms with Crippen LogP contribution in [0.25, 0.3) is 0 Å². The van der Waals surface area contributed by atoms with Crippen molar-refractivity contribution >= 4 is 5.97 Å². The molecule has 1 unspecified atom stereocenters. The summed E-state index contributed by atoms with van der Waals surface area (Å²) in [5.41, 5.74) is 2.62. The Balaban J connectivity index is 1.71. The van der Waals surface area contributed by atoms with Gasteiger partial charge in [0, 0.05) is 25.7 Å². The van der Waals surface area contributed by atoms with E-state index < -0.39 is 0 Å². The fourth-order valence-electron chi connectivity index (χ4n) is 3.17. The van der Waals surface area contributed by atoms with E-state index in [0.29, 0.717) is 17.5 Å². The SMILES string of the molecule is COC(=O)c1cc2n(n1)CCCN(C(C)Cc1ccc(O)cc1)C2. The first-order valence-electron chi connectivity index (χ1n) is 8.24. The first-order chi connectivity index (χ1) is 11.6. The van der Waals surface area contributed by atoms with Crippen LogP contribution >= 0.6 is 0 Å². The third kappa shape index (κ3) is 3.59. The number of nitrogens with zero attached hydrogens (tertiary/aromatic N) is 3. The smallest absolute Gasteiger partial charge is 0.358 e. The van der Waals surface area contributed by atoms with E-state index in [4.69, 9.17) is 4.74 Å². The van der Waals surface area contributed by atoms with Crippen molar-refractivity contribution in [3.8, 4) is 5.75 Å². The standard InChI is InChI=1S/C18H23N3O3/c1-13(10-14-4-6-16(22)7-5-14)20-8-3-9-21-15(12-20)11-17(19-21)18(23)24-2/h4-7,11,13,22H,3,8-10,12H2,1-2H3. The second kappa shape index (κ2) is 7.05. The van der Waals surface area contributed by atoms with Crippen molar-refractivity contribution < 1.29 is 14.6 Å². The van der Waals surface area contributed by atoms with Crippen molar-refractivity contribution in [1.82, 2.24) is 14.7 Å². The van der Waals surface area contributed by atoms with Crippen molar-refractivity contribution in [2.75, 3.05) is 13.7 Å². The summed E-state index contributed by atoms with van der Waals surface area (Å²) in [6.07, 6.45) is 1.91. The number of esters is 1. The molecule has 0 bridgehead atoms. The maximum Gasteiger partial charge on any atom is 0.358 e. The van der Waals surface area contributed by atoms with Crippen LogP contribution < -0.4 is 0 Å². The van der Waals surface area contributed by atoms with Crippen LogP contribution in [0.2, 0.25) is 0 Å². The number of aromatic hydroxyl groups is 1. The zero-order valence-corrected chi connectivity index (χ0v) is 14.1. The number of phenolic OH excluding ortho intramolecular Hbond substituents is 1. The van der Waals surface area contributed by atoms with Crippen LogP contribution in [0.5, 0.6) is 5.75 Å². The third-order valence-electron chi connectivity index (χ3n) is 4.53. The average molecular weight is 329 g/mol. The highest BCUT2D eigenvalue weighted by Crippen LogP contribution is 2.19. The van der Waals surface area contributed by atoms with Crippen molar-refractivity contribution in [1.29, 1.82) is 0 Å². The van der Waals surface area contributed by atoms with Crippen LogP contribution in [0, 0.1) is 0 Å². The lowest BCUT2D eigenvalue weighted by atomic mass is 10.1. The van der Waals surface area contributed by atoms with Crippen LogP contribution in [0.1, 0.15) is 35.1 Å². The van der Waals surface area contributed by atoms with Crippen molar-refractivity contribution in [2.45, 2.75) is 38.9 Å². The van der Waals surface area contributed by atoms with E-state index in [9.17, 15) is 9.90 Å². The van der Waals surface area contributed by atoms with Gasteiger partial charge in [0.25, 0.3) is 0 Å². The predicted octanol–water partition coefficient (Wildman–Crippen LogP) is 2.21. The number of carbonyl (C=O) groups excluding carboxylic acids is 1. The van der Waals surface area contributed by atoms with Crippen LogP contribution in [0.15, 0.2) is 30.3 Å². The van der Waals surface area contributed by atoms with Gasteiger partial charge in [-0.25, -0.2) is 4.79 Å². The Morgan fingerprint density at radius 3 is 2.79 bits per heavy atom. The number of methoxy groups -OCH3 is 1. The third-order valence-corrected chi connectivity index (χ3v) is 4.53. The molecule has 1 aliphatic rings. The van der Waals surface area contributed by atoms with E-state index in [2.05, 4.69) is 16.9 Å². The van der Waals surface area contributed by atoms with Gasteiger partial charge in [-0.1, -0.05) is 12.1 Å². The summed E-state index contributed by atoms with van der Waals surface area (Å²) in [6, 6.07) is 9.56. The number of phenols is 1. The van der Waals surface area contributed by atoms with Crippen LogP contribution in [-0.4, -0.2) is 45.5 Å². The molecule has 6 nitrogen and oxygen atoms in total. The molecule has 24 heavy (non-hydrogen) atoms. The molecule has 0 saturated carbocycles. The largest absolute Gasteiger partial charge is 0.508 e. The summed E-state index contributed by atoms with van der Waals surface area (Å²) < 4.78 is 6.68. The van der Waals surface area contributed by atoms with Gasteiger partial charge in [0.2, 0.25) is 0 Å². The lowest BCUT2D eigenvalue weighted by molar-refractivity contribution is 0.0593. The number of rotatable bonds is 4. The van der Waals surface area contributed by atoms with E-state index in [1.54, 1.807) is 12.1 Å². The Morgan fingerprint density at radius 2 is 2.08 bits per heavy atom. The van der Waals surface area contributed by atoms with Gasteiger partial charge in [-0.05, 0) is 43.5 Å². The van der Waals surface area contributed by atoms with Crippen molar-refractivity contribution in [2.24, 2.45) is 0 Å². The number of aromatic nitrogens is 2. The molecule has 128 valence electrons. The molecule has 2 heterocycles. The minimum absolute atomic E-state index is 0.292. The molecule has 1 aromatic heterocycles. The summed E-state index contributed by atoms with van der Waals surface area (Å²) in [6.45, 7) is 4.79. The lowest BCUT2D eigenvalue weighted by Crippen LogP contribution is -2.34. The molecule has 2 aromatic rings. The number of benzene rings is 1. The monoisotopic (exact) mass is 329 g/mol. The van der Waals surface area contributed by atoms with Gasteiger partial charge in [-0.3, -0.25) is 9.58 Å². The Hall–Kier alpha value is -2.34. The molecule has 0 saturated heterocycles. The summed E-state index contributed by atoms with van der Waals surface area (Å²) in [7, 11) is 1.37. The Morgan fingerprint density at radius 1 is 1.33 bits per heavy atom. The maximum absolute atomic E-state index is 11.7. The molecular weight excluding hydrogens is 306 g/mol. The molecule has 0 aliphatic carbocycles. The van der Waals surface area contributed by atoms with Gasteiger partial charge >= 0.3 is 5.97 Å². The first kappa shape index (κ1) is 16.5. The highest BCUT2D eigenvalue weighted by molar-refractivity contribution is 5.87. The van der Waals surface area contributed by atoms with Crippen molar-refractivity contribution in [3.63, 3.8) is 0 Å². The fraction of sp³-hybridized carbons (Fsp3) is 0.444. The van der Waals surface area contributed by atoms with Gasteiger partial charge in [-0.15, -0.1) is 0 Å². The number of fused-ring (bicyclic) bond motifs is 1. The molecule has 1 N–H and O–H groups in total. The minimum Gasteiger partial charge on any atom is -0.508 e. The molecule has 0 radical (unpaired) electrons. The summed E-state index contributed by atoms with van der Waals surface area (Å²) in [4.78, 5) is 14.1. The Bertz CT molecular complexity index is 709. The second-order valence-corrected chi connectivity index (χ2v) is 6.28. The number of hydrogen-bond acceptors (Lipinski definition) is 5. The molecular formula is C18H23N3O3. The topological polar surface area (TPSA) is 67.6 Å². The van der Waals surface area contributed by atoms with Gasteiger partial charge < -0.3 is 9.84 Å². The quantitative estimate of drug-likeness (QED) is 0.871. The van der Waals surface area contributed by atoms with E-state index in [1.807, 2.05) is 22.9 Å². The van der Waals surface area contributed by atoms with Crippen LogP contribution in [0.4, 0.5) is 0 Å². The lowest BCUT2D eigenvalue weighted by Gasteiger charge is -2.27. The van der Waals surface area contributed by atoms with Crippen LogP contribution in [-0.2, 0) is 24.2 Å². The zero-order chi connectivity index (χ0) is 17.1. The van der Waals surface area contributed by atoms with Gasteiger partial charge in [0.15, 0.2) is 5.69 Å². The minimum atomic E-state index is -0.390. The van der Waals surface area contributed by atoms with Crippen LogP contribution in [0.3, 0.4) is 0 Å². The second-order valence-electron chi connectivity index (χ2n) is 6.28. The average Bonchev–Trinajstić information content (AvgIpc) is 2.87. The normalized spacial score (nSPS) is 16.2. The summed E-state index contributed by atoms with van der Waals surface area (Å²) in [5.74, 6) is -0.0975. The van der Waals surface area contributed by atoms with E-state index >= 15 is 0 Å². The molecule has 0 spiro atoms. The Kier molecular flexibility index (Phi) is 4.85. The van der Waals surface area contributed by atoms with Gasteiger partial charge in [-0.2, -0.15) is 5.10 Å². The van der Waals surface area contributed by atoms with E-state index in [-0.39, 0.29) is 5.97 Å². The molecule has 1 aliphatic heterocycles.